The van der Waals surface area contributed by atoms with E-state index in [0.717, 1.165) is 35.5 Å². The Morgan fingerprint density at radius 1 is 1.47 bits per heavy atom. The molecule has 0 saturated carbocycles. The van der Waals surface area contributed by atoms with E-state index in [1.54, 1.807) is 7.11 Å². The van der Waals surface area contributed by atoms with Crippen LogP contribution in [0.25, 0.3) is 10.9 Å². The van der Waals surface area contributed by atoms with Crippen molar-refractivity contribution in [2.45, 2.75) is 13.0 Å². The lowest BCUT2D eigenvalue weighted by Crippen LogP contribution is -2.02. The second-order valence-corrected chi connectivity index (χ2v) is 3.85. The molecule has 0 unspecified atom stereocenters. The predicted molar refractivity (Wildman–Crippen MR) is 61.2 cm³/mol. The summed E-state index contributed by atoms with van der Waals surface area (Å²) in [4.78, 5) is 0. The van der Waals surface area contributed by atoms with Crippen LogP contribution in [0.3, 0.4) is 0 Å². The fourth-order valence-corrected chi connectivity index (χ4v) is 1.78. The summed E-state index contributed by atoms with van der Waals surface area (Å²) >= 11 is 5.90. The lowest BCUT2D eigenvalue weighted by molar-refractivity contribution is 0.189. The highest BCUT2D eigenvalue weighted by atomic mass is 35.5. The van der Waals surface area contributed by atoms with Gasteiger partial charge in [0.2, 0.25) is 0 Å². The number of hydrogen-bond acceptors (Lipinski definition) is 2. The molecule has 0 aliphatic rings. The van der Waals surface area contributed by atoms with Crippen molar-refractivity contribution >= 4 is 22.5 Å². The zero-order valence-corrected chi connectivity index (χ0v) is 9.37. The third kappa shape index (κ3) is 2.30. The van der Waals surface area contributed by atoms with E-state index < -0.39 is 0 Å². The molecule has 15 heavy (non-hydrogen) atoms. The van der Waals surface area contributed by atoms with Crippen LogP contribution in [0, 0.1) is 0 Å². The smallest absolute Gasteiger partial charge is 0.0683 e. The maximum absolute atomic E-state index is 5.90. The van der Waals surface area contributed by atoms with Gasteiger partial charge in [-0.1, -0.05) is 11.6 Å². The Hall–Kier alpha value is -1.06. The van der Waals surface area contributed by atoms with Crippen LogP contribution in [0.4, 0.5) is 0 Å². The van der Waals surface area contributed by atoms with E-state index in [4.69, 9.17) is 16.3 Å². The quantitative estimate of drug-likeness (QED) is 0.747. The number of nitrogens with zero attached hydrogens (tertiary/aromatic N) is 2. The van der Waals surface area contributed by atoms with Crippen molar-refractivity contribution in [3.05, 3.63) is 29.4 Å². The number of methoxy groups -OCH3 is 1. The van der Waals surface area contributed by atoms with Crippen LogP contribution >= 0.6 is 11.6 Å². The Labute approximate surface area is 93.6 Å². The Morgan fingerprint density at radius 3 is 3.13 bits per heavy atom. The Bertz CT molecular complexity index is 453. The van der Waals surface area contributed by atoms with Gasteiger partial charge in [-0.25, -0.2) is 0 Å². The van der Waals surface area contributed by atoms with Gasteiger partial charge in [0.25, 0.3) is 0 Å². The average Bonchev–Trinajstić information content (AvgIpc) is 2.61. The first-order valence-corrected chi connectivity index (χ1v) is 5.29. The van der Waals surface area contributed by atoms with Gasteiger partial charge in [0.1, 0.15) is 0 Å². The normalized spacial score (nSPS) is 11.1. The molecule has 2 rings (SSSR count). The van der Waals surface area contributed by atoms with Gasteiger partial charge in [-0.2, -0.15) is 5.10 Å². The third-order valence-electron chi connectivity index (χ3n) is 2.32. The zero-order chi connectivity index (χ0) is 10.7. The molecular weight excluding hydrogens is 212 g/mol. The number of hydrogen-bond donors (Lipinski definition) is 0. The van der Waals surface area contributed by atoms with Gasteiger partial charge in [0.15, 0.2) is 0 Å². The van der Waals surface area contributed by atoms with Crippen molar-refractivity contribution in [1.29, 1.82) is 0 Å². The largest absolute Gasteiger partial charge is 0.385 e. The molecule has 0 radical (unpaired) electrons. The number of rotatable bonds is 4. The SMILES string of the molecule is COCCCn1ncc2cc(Cl)ccc21. The molecule has 2 aromatic rings. The van der Waals surface area contributed by atoms with Crippen LogP contribution in [-0.4, -0.2) is 23.5 Å². The fraction of sp³-hybridized carbons (Fsp3) is 0.364. The molecule has 0 fully saturated rings. The molecule has 0 spiro atoms. The average molecular weight is 225 g/mol. The summed E-state index contributed by atoms with van der Waals surface area (Å²) < 4.78 is 6.99. The molecule has 0 bridgehead atoms. The number of benzene rings is 1. The molecule has 1 heterocycles. The van der Waals surface area contributed by atoms with Crippen LogP contribution in [0.2, 0.25) is 5.02 Å². The van der Waals surface area contributed by atoms with Gasteiger partial charge in [0, 0.05) is 30.7 Å². The van der Waals surface area contributed by atoms with E-state index >= 15 is 0 Å². The lowest BCUT2D eigenvalue weighted by atomic mass is 10.2. The Kier molecular flexibility index (Phi) is 3.23. The van der Waals surface area contributed by atoms with Crippen molar-refractivity contribution in [2.24, 2.45) is 0 Å². The van der Waals surface area contributed by atoms with Gasteiger partial charge in [-0.15, -0.1) is 0 Å². The molecule has 0 aliphatic heterocycles. The zero-order valence-electron chi connectivity index (χ0n) is 8.61. The molecule has 80 valence electrons. The summed E-state index contributed by atoms with van der Waals surface area (Å²) in [6, 6.07) is 5.81. The number of halogens is 1. The van der Waals surface area contributed by atoms with Crippen LogP contribution < -0.4 is 0 Å². The van der Waals surface area contributed by atoms with E-state index in [1.807, 2.05) is 29.1 Å². The van der Waals surface area contributed by atoms with E-state index in [9.17, 15) is 0 Å². The van der Waals surface area contributed by atoms with Crippen LogP contribution in [0.15, 0.2) is 24.4 Å². The van der Waals surface area contributed by atoms with Gasteiger partial charge in [-0.3, -0.25) is 4.68 Å². The van der Waals surface area contributed by atoms with Gasteiger partial charge < -0.3 is 4.74 Å². The first kappa shape index (κ1) is 10.5. The number of aromatic nitrogens is 2. The topological polar surface area (TPSA) is 27.1 Å². The number of fused-ring (bicyclic) bond motifs is 1. The van der Waals surface area contributed by atoms with Crippen LogP contribution in [0.5, 0.6) is 0 Å². The minimum Gasteiger partial charge on any atom is -0.385 e. The standard InChI is InChI=1S/C11H13ClN2O/c1-15-6-2-5-14-11-4-3-10(12)7-9(11)8-13-14/h3-4,7-8H,2,5-6H2,1H3. The maximum atomic E-state index is 5.90. The van der Waals surface area contributed by atoms with Crippen LogP contribution in [-0.2, 0) is 11.3 Å². The second-order valence-electron chi connectivity index (χ2n) is 3.42. The summed E-state index contributed by atoms with van der Waals surface area (Å²) in [6.07, 6.45) is 2.81. The number of aryl methyl sites for hydroxylation is 1. The Morgan fingerprint density at radius 2 is 2.33 bits per heavy atom. The van der Waals surface area contributed by atoms with Gasteiger partial charge >= 0.3 is 0 Å². The van der Waals surface area contributed by atoms with Crippen molar-refractivity contribution in [1.82, 2.24) is 9.78 Å². The monoisotopic (exact) mass is 224 g/mol. The highest BCUT2D eigenvalue weighted by Crippen LogP contribution is 2.18. The molecule has 0 aliphatic carbocycles. The first-order chi connectivity index (χ1) is 7.31. The van der Waals surface area contributed by atoms with Gasteiger partial charge in [-0.05, 0) is 24.6 Å². The molecule has 1 aromatic heterocycles. The molecule has 0 saturated heterocycles. The van der Waals surface area contributed by atoms with Crippen LogP contribution in [0.1, 0.15) is 6.42 Å². The highest BCUT2D eigenvalue weighted by molar-refractivity contribution is 6.31. The van der Waals surface area contributed by atoms with Crippen molar-refractivity contribution < 1.29 is 4.74 Å². The van der Waals surface area contributed by atoms with Gasteiger partial charge in [0.05, 0.1) is 11.7 Å². The maximum Gasteiger partial charge on any atom is 0.0683 e. The molecule has 0 amide bonds. The lowest BCUT2D eigenvalue weighted by Gasteiger charge is -2.02. The fourth-order valence-electron chi connectivity index (χ4n) is 1.59. The van der Waals surface area contributed by atoms with E-state index in [1.165, 1.54) is 0 Å². The summed E-state index contributed by atoms with van der Waals surface area (Å²) in [5, 5.41) is 6.14. The minimum atomic E-state index is 0.749. The summed E-state index contributed by atoms with van der Waals surface area (Å²) in [7, 11) is 1.71. The summed E-state index contributed by atoms with van der Waals surface area (Å²) in [6.45, 7) is 1.63. The highest BCUT2D eigenvalue weighted by Gasteiger charge is 2.02. The molecule has 0 atom stereocenters. The van der Waals surface area contributed by atoms with E-state index in [2.05, 4.69) is 5.10 Å². The third-order valence-corrected chi connectivity index (χ3v) is 2.56. The Balaban J connectivity index is 2.21. The van der Waals surface area contributed by atoms with Crippen molar-refractivity contribution in [3.63, 3.8) is 0 Å². The second kappa shape index (κ2) is 4.64. The molecular formula is C11H13ClN2O. The summed E-state index contributed by atoms with van der Waals surface area (Å²) in [5.41, 5.74) is 1.12. The minimum absolute atomic E-state index is 0.749. The van der Waals surface area contributed by atoms with E-state index in [0.29, 0.717) is 0 Å². The molecule has 4 heteroatoms. The predicted octanol–water partition coefficient (Wildman–Crippen LogP) is 2.73. The van der Waals surface area contributed by atoms with Crippen molar-refractivity contribution in [2.75, 3.05) is 13.7 Å². The first-order valence-electron chi connectivity index (χ1n) is 4.91. The van der Waals surface area contributed by atoms with E-state index in [-0.39, 0.29) is 0 Å². The molecule has 0 N–H and O–H groups in total. The molecule has 1 aromatic carbocycles. The number of ether oxygens (including phenoxy) is 1. The summed E-state index contributed by atoms with van der Waals surface area (Å²) in [5.74, 6) is 0. The molecule has 3 nitrogen and oxygen atoms in total. The van der Waals surface area contributed by atoms with Crippen molar-refractivity contribution in [3.8, 4) is 0 Å².